The van der Waals surface area contributed by atoms with E-state index in [2.05, 4.69) is 20.0 Å². The summed E-state index contributed by atoms with van der Waals surface area (Å²) < 4.78 is 6.69. The molecule has 3 atom stereocenters. The van der Waals surface area contributed by atoms with E-state index in [1.165, 1.54) is 54.6 Å². The number of thioether (sulfide) groups is 1. The largest absolute Gasteiger partial charge is 0.394 e. The van der Waals surface area contributed by atoms with E-state index in [0.717, 1.165) is 17.7 Å². The van der Waals surface area contributed by atoms with Crippen LogP contribution in [-0.4, -0.2) is 54.9 Å². The van der Waals surface area contributed by atoms with E-state index in [9.17, 15) is 19.2 Å². The van der Waals surface area contributed by atoms with Gasteiger partial charge in [-0.2, -0.15) is 0 Å². The number of hydrogen-bond acceptors (Lipinski definition) is 9. The summed E-state index contributed by atoms with van der Waals surface area (Å²) >= 11 is 1.32. The van der Waals surface area contributed by atoms with Gasteiger partial charge in [-0.15, -0.1) is 0 Å². The van der Waals surface area contributed by atoms with Gasteiger partial charge in [0.05, 0.1) is 30.2 Å². The highest BCUT2D eigenvalue weighted by atomic mass is 32.2. The molecule has 1 aliphatic heterocycles. The number of rotatable bonds is 10. The Morgan fingerprint density at radius 1 is 1.16 bits per heavy atom. The molecule has 3 N–H and O–H groups in total. The molecule has 45 heavy (non-hydrogen) atoms. The average Bonchev–Trinajstić information content (AvgIpc) is 3.45. The Morgan fingerprint density at radius 3 is 2.56 bits per heavy atom. The van der Waals surface area contributed by atoms with Gasteiger partial charge in [0, 0.05) is 34.2 Å². The molecule has 13 nitrogen and oxygen atoms in total. The van der Waals surface area contributed by atoms with Crippen molar-refractivity contribution in [2.75, 3.05) is 12.4 Å². The van der Waals surface area contributed by atoms with Crippen LogP contribution in [0.25, 0.3) is 10.4 Å². The first kappa shape index (κ1) is 33.9. The second kappa shape index (κ2) is 16.4. The van der Waals surface area contributed by atoms with Gasteiger partial charge in [-0.1, -0.05) is 86.2 Å². The van der Waals surface area contributed by atoms with Gasteiger partial charge in [0.15, 0.2) is 10.9 Å². The Labute approximate surface area is 264 Å². The predicted molar refractivity (Wildman–Crippen MR) is 171 cm³/mol. The zero-order chi connectivity index (χ0) is 32.3. The molecule has 2 fully saturated rings. The van der Waals surface area contributed by atoms with Gasteiger partial charge >= 0.3 is 5.69 Å². The third kappa shape index (κ3) is 9.04. The van der Waals surface area contributed by atoms with Crippen molar-refractivity contribution in [3.8, 4) is 0 Å². The SMILES string of the molecule is CCc1c(CC2CCCCC2)nc(SCC(=O)c2ccccc2)[nH]c1=O.Cc1cn([C@H]2C[C@H](N=[N+]=[N-])[C@@H](CO)O2)c(=O)[nH]c1=O. The number of aryl methyl sites for hydroxylation is 1. The van der Waals surface area contributed by atoms with E-state index in [1.807, 2.05) is 37.3 Å². The van der Waals surface area contributed by atoms with Crippen molar-refractivity contribution in [3.05, 3.63) is 101 Å². The number of ketones is 1. The van der Waals surface area contributed by atoms with Gasteiger partial charge in [0.1, 0.15) is 6.23 Å². The summed E-state index contributed by atoms with van der Waals surface area (Å²) in [4.78, 5) is 60.2. The molecular weight excluding hydrogens is 598 g/mol. The third-order valence-corrected chi connectivity index (χ3v) is 8.99. The minimum atomic E-state index is -0.671. The normalized spacial score (nSPS) is 19.8. The van der Waals surface area contributed by atoms with Crippen molar-refractivity contribution < 1.29 is 14.6 Å². The molecule has 1 aromatic carbocycles. The minimum Gasteiger partial charge on any atom is -0.394 e. The van der Waals surface area contributed by atoms with Crippen LogP contribution < -0.4 is 16.8 Å². The van der Waals surface area contributed by atoms with Crippen LogP contribution >= 0.6 is 11.8 Å². The zero-order valence-corrected chi connectivity index (χ0v) is 26.3. The topological polar surface area (TPSA) is 196 Å². The second-order valence-electron chi connectivity index (χ2n) is 11.2. The summed E-state index contributed by atoms with van der Waals surface area (Å²) in [5.41, 5.74) is 10.1. The van der Waals surface area contributed by atoms with Crippen LogP contribution in [0.3, 0.4) is 0 Å². The summed E-state index contributed by atoms with van der Waals surface area (Å²) in [6.45, 7) is 3.26. The maximum Gasteiger partial charge on any atom is 0.330 e. The first-order valence-electron chi connectivity index (χ1n) is 15.2. The maximum atomic E-state index is 12.5. The lowest BCUT2D eigenvalue weighted by molar-refractivity contribution is -0.0271. The molecule has 2 aliphatic rings. The number of aliphatic hydroxyl groups excluding tert-OH is 1. The summed E-state index contributed by atoms with van der Waals surface area (Å²) in [6, 6.07) is 8.69. The van der Waals surface area contributed by atoms with Crippen molar-refractivity contribution in [3.63, 3.8) is 0 Å². The lowest BCUT2D eigenvalue weighted by atomic mass is 9.85. The fourth-order valence-corrected chi connectivity index (χ4v) is 6.44. The number of benzene rings is 1. The smallest absolute Gasteiger partial charge is 0.330 e. The molecule has 0 bridgehead atoms. The van der Waals surface area contributed by atoms with Gasteiger partial charge in [-0.05, 0) is 31.2 Å². The number of carbonyl (C=O) groups excluding carboxylic acids is 1. The summed E-state index contributed by atoms with van der Waals surface area (Å²) in [6.07, 6.45) is 8.24. The number of ether oxygens (including phenoxy) is 1. The number of aromatic amines is 2. The highest BCUT2D eigenvalue weighted by molar-refractivity contribution is 7.99. The summed E-state index contributed by atoms with van der Waals surface area (Å²) in [5.74, 6) is 0.959. The van der Waals surface area contributed by atoms with Gasteiger partial charge in [-0.25, -0.2) is 9.78 Å². The van der Waals surface area contributed by atoms with E-state index in [4.69, 9.17) is 20.4 Å². The lowest BCUT2D eigenvalue weighted by Crippen LogP contribution is -2.33. The van der Waals surface area contributed by atoms with Crippen LogP contribution in [0.1, 0.15) is 78.9 Å². The van der Waals surface area contributed by atoms with Crippen molar-refractivity contribution in [2.45, 2.75) is 88.7 Å². The number of carbonyl (C=O) groups is 1. The van der Waals surface area contributed by atoms with Crippen LogP contribution in [-0.2, 0) is 17.6 Å². The molecule has 0 unspecified atom stereocenters. The molecule has 0 radical (unpaired) electrons. The van der Waals surface area contributed by atoms with Crippen molar-refractivity contribution in [2.24, 2.45) is 11.0 Å². The molecule has 1 saturated carbocycles. The molecule has 14 heteroatoms. The Kier molecular flexibility index (Phi) is 12.3. The number of aromatic nitrogens is 4. The summed E-state index contributed by atoms with van der Waals surface area (Å²) in [7, 11) is 0. The fourth-order valence-electron chi connectivity index (χ4n) is 5.67. The van der Waals surface area contributed by atoms with Crippen LogP contribution in [0.4, 0.5) is 0 Å². The summed E-state index contributed by atoms with van der Waals surface area (Å²) in [5, 5.41) is 13.2. The monoisotopic (exact) mass is 637 g/mol. The second-order valence-corrected chi connectivity index (χ2v) is 12.2. The Morgan fingerprint density at radius 2 is 1.89 bits per heavy atom. The molecule has 1 aliphatic carbocycles. The Bertz CT molecular complexity index is 1680. The van der Waals surface area contributed by atoms with Crippen molar-refractivity contribution in [1.29, 1.82) is 0 Å². The van der Waals surface area contributed by atoms with Gasteiger partial charge in [-0.3, -0.25) is 23.9 Å². The van der Waals surface area contributed by atoms with Crippen molar-refractivity contribution in [1.82, 2.24) is 19.5 Å². The maximum absolute atomic E-state index is 12.5. The number of hydrogen-bond donors (Lipinski definition) is 3. The number of nitrogens with one attached hydrogen (secondary N) is 2. The molecule has 3 aromatic rings. The lowest BCUT2D eigenvalue weighted by Gasteiger charge is -2.22. The molecule has 0 spiro atoms. The predicted octanol–water partition coefficient (Wildman–Crippen LogP) is 4.23. The van der Waals surface area contributed by atoms with Crippen LogP contribution in [0.2, 0.25) is 0 Å². The number of azide groups is 1. The van der Waals surface area contributed by atoms with Gasteiger partial charge < -0.3 is 14.8 Å². The highest BCUT2D eigenvalue weighted by Gasteiger charge is 2.35. The molecule has 3 heterocycles. The standard InChI is InChI=1S/C21H26N2O2S.C10H13N5O4/c1-2-17-18(13-15-9-5-3-6-10-15)22-21(23-20(17)25)26-14-19(24)16-11-7-4-8-12-16;1-5-3-15(10(18)12-9(5)17)8-2-6(13-14-11)7(4-16)19-8/h4,7-8,11-12,15H,2-3,5-6,9-10,13-14H2,1H3,(H,22,23,25);3,6-8,16H,2,4H2,1H3,(H,12,17,18)/t;6-,7+,8+/m.0/s1. The van der Waals surface area contributed by atoms with Crippen LogP contribution in [0, 0.1) is 12.8 Å². The van der Waals surface area contributed by atoms with E-state index >= 15 is 0 Å². The third-order valence-electron chi connectivity index (χ3n) is 8.12. The van der Waals surface area contributed by atoms with Gasteiger partial charge in [0.2, 0.25) is 0 Å². The van der Waals surface area contributed by atoms with E-state index < -0.39 is 29.6 Å². The molecule has 0 amide bonds. The molecule has 2 aromatic heterocycles. The average molecular weight is 638 g/mol. The van der Waals surface area contributed by atoms with E-state index in [0.29, 0.717) is 28.6 Å². The van der Waals surface area contributed by atoms with Crippen molar-refractivity contribution >= 4 is 17.5 Å². The molecule has 240 valence electrons. The van der Waals surface area contributed by atoms with E-state index in [1.54, 1.807) is 6.92 Å². The molecule has 1 saturated heterocycles. The quantitative estimate of drug-likeness (QED) is 0.0733. The van der Waals surface area contributed by atoms with Crippen LogP contribution in [0.15, 0.2) is 61.2 Å². The van der Waals surface area contributed by atoms with Gasteiger partial charge in [0.25, 0.3) is 11.1 Å². The Hall–Kier alpha value is -3.97. The number of nitrogens with zero attached hydrogens (tertiary/aromatic N) is 5. The number of H-pyrrole nitrogens is 2. The first-order chi connectivity index (χ1) is 21.7. The minimum absolute atomic E-state index is 0.0478. The van der Waals surface area contributed by atoms with Crippen LogP contribution in [0.5, 0.6) is 0 Å². The zero-order valence-electron chi connectivity index (χ0n) is 25.5. The fraction of sp³-hybridized carbons (Fsp3) is 0.516. The molecular formula is C31H39N7O6S. The highest BCUT2D eigenvalue weighted by Crippen LogP contribution is 2.30. The first-order valence-corrected chi connectivity index (χ1v) is 16.2. The number of Topliss-reactive ketones (excluding diaryl/α,β-unsaturated/α-hetero) is 1. The Balaban J connectivity index is 0.000000215. The van der Waals surface area contributed by atoms with E-state index in [-0.39, 0.29) is 30.1 Å². The number of aliphatic hydroxyl groups is 1. The molecule has 5 rings (SSSR count).